The minimum Gasteiger partial charge on any atom is -0.495 e. The van der Waals surface area contributed by atoms with Crippen LogP contribution in [0.4, 0.5) is 5.69 Å². The fourth-order valence-corrected chi connectivity index (χ4v) is 4.74. The Morgan fingerprint density at radius 1 is 1.00 bits per heavy atom. The second-order valence-corrected chi connectivity index (χ2v) is 8.16. The van der Waals surface area contributed by atoms with E-state index >= 15 is 0 Å². The minimum absolute atomic E-state index is 0.212. The molecule has 138 valence electrons. The molecule has 1 aliphatic rings. The van der Waals surface area contributed by atoms with Gasteiger partial charge in [-0.05, 0) is 48.9 Å². The molecule has 2 aromatic rings. The third kappa shape index (κ3) is 3.59. The van der Waals surface area contributed by atoms with Gasteiger partial charge in [0.05, 0.1) is 7.11 Å². The quantitative estimate of drug-likeness (QED) is 0.752. The topological polar surface area (TPSA) is 66.9 Å². The zero-order chi connectivity index (χ0) is 18.7. The van der Waals surface area contributed by atoms with Gasteiger partial charge in [0.1, 0.15) is 16.9 Å². The van der Waals surface area contributed by atoms with E-state index in [1.807, 2.05) is 25.1 Å². The van der Waals surface area contributed by atoms with Gasteiger partial charge in [-0.3, -0.25) is 4.79 Å². The third-order valence-corrected chi connectivity index (χ3v) is 6.49. The minimum atomic E-state index is -3.61. The number of methoxy groups -OCH3 is 1. The SMILES string of the molecule is COc1ccc(C)cc1S(=O)(=O)N1CCN(c2ccc(C=O)cc2)CC1. The van der Waals surface area contributed by atoms with Crippen molar-refractivity contribution in [3.8, 4) is 5.75 Å². The van der Waals surface area contributed by atoms with Gasteiger partial charge in [0, 0.05) is 37.4 Å². The summed E-state index contributed by atoms with van der Waals surface area (Å²) in [6.07, 6.45) is 0.809. The average Bonchev–Trinajstić information content (AvgIpc) is 2.68. The van der Waals surface area contributed by atoms with Crippen molar-refractivity contribution in [3.63, 3.8) is 0 Å². The highest BCUT2D eigenvalue weighted by molar-refractivity contribution is 7.89. The molecule has 0 aliphatic carbocycles. The second kappa shape index (κ2) is 7.47. The number of ether oxygens (including phenoxy) is 1. The van der Waals surface area contributed by atoms with E-state index in [-0.39, 0.29) is 4.90 Å². The molecule has 0 aromatic heterocycles. The van der Waals surface area contributed by atoms with Crippen molar-refractivity contribution in [1.29, 1.82) is 0 Å². The molecule has 26 heavy (non-hydrogen) atoms. The van der Waals surface area contributed by atoms with Crippen LogP contribution in [0.2, 0.25) is 0 Å². The van der Waals surface area contributed by atoms with Crippen LogP contribution in [0.3, 0.4) is 0 Å². The first kappa shape index (κ1) is 18.4. The van der Waals surface area contributed by atoms with Crippen LogP contribution >= 0.6 is 0 Å². The third-order valence-electron chi connectivity index (χ3n) is 4.57. The Morgan fingerprint density at radius 2 is 1.65 bits per heavy atom. The van der Waals surface area contributed by atoms with E-state index in [1.54, 1.807) is 24.3 Å². The van der Waals surface area contributed by atoms with E-state index in [2.05, 4.69) is 4.90 Å². The predicted octanol–water partition coefficient (Wildman–Crippen LogP) is 2.33. The molecule has 6 nitrogen and oxygen atoms in total. The number of rotatable bonds is 5. The van der Waals surface area contributed by atoms with Crippen LogP contribution in [0.1, 0.15) is 15.9 Å². The summed E-state index contributed by atoms with van der Waals surface area (Å²) >= 11 is 0. The highest BCUT2D eigenvalue weighted by Crippen LogP contribution is 2.29. The number of hydrogen-bond donors (Lipinski definition) is 0. The largest absolute Gasteiger partial charge is 0.495 e. The first-order valence-electron chi connectivity index (χ1n) is 8.40. The zero-order valence-electron chi connectivity index (χ0n) is 14.9. The monoisotopic (exact) mass is 374 g/mol. The lowest BCUT2D eigenvalue weighted by Crippen LogP contribution is -2.48. The van der Waals surface area contributed by atoms with E-state index in [4.69, 9.17) is 4.74 Å². The number of carbonyl (C=O) groups is 1. The summed E-state index contributed by atoms with van der Waals surface area (Å²) in [6, 6.07) is 12.5. The number of anilines is 1. The van der Waals surface area contributed by atoms with Crippen molar-refractivity contribution in [1.82, 2.24) is 4.31 Å². The summed E-state index contributed by atoms with van der Waals surface area (Å²) in [5.74, 6) is 0.363. The van der Waals surface area contributed by atoms with Crippen molar-refractivity contribution in [3.05, 3.63) is 53.6 Å². The summed E-state index contributed by atoms with van der Waals surface area (Å²) in [4.78, 5) is 13.1. The molecule has 1 heterocycles. The molecule has 7 heteroatoms. The number of carbonyl (C=O) groups excluding carboxylic acids is 1. The molecular weight excluding hydrogens is 352 g/mol. The maximum absolute atomic E-state index is 13.0. The van der Waals surface area contributed by atoms with Crippen molar-refractivity contribution < 1.29 is 17.9 Å². The van der Waals surface area contributed by atoms with Gasteiger partial charge in [0.25, 0.3) is 0 Å². The fraction of sp³-hybridized carbons (Fsp3) is 0.316. The Labute approximate surface area is 154 Å². The summed E-state index contributed by atoms with van der Waals surface area (Å²) in [7, 11) is -2.13. The van der Waals surface area contributed by atoms with Gasteiger partial charge >= 0.3 is 0 Å². The molecule has 0 saturated carbocycles. The molecule has 0 atom stereocenters. The van der Waals surface area contributed by atoms with Crippen LogP contribution in [0.5, 0.6) is 5.75 Å². The summed E-state index contributed by atoms with van der Waals surface area (Å²) in [5, 5.41) is 0. The van der Waals surface area contributed by atoms with Crippen LogP contribution in [0.15, 0.2) is 47.4 Å². The van der Waals surface area contributed by atoms with E-state index < -0.39 is 10.0 Å². The molecule has 0 unspecified atom stereocenters. The van der Waals surface area contributed by atoms with E-state index in [0.29, 0.717) is 37.5 Å². The molecular formula is C19H22N2O4S. The summed E-state index contributed by atoms with van der Waals surface area (Å²) in [6.45, 7) is 3.84. The highest BCUT2D eigenvalue weighted by Gasteiger charge is 2.31. The van der Waals surface area contributed by atoms with Gasteiger partial charge in [-0.15, -0.1) is 0 Å². The zero-order valence-corrected chi connectivity index (χ0v) is 15.7. The van der Waals surface area contributed by atoms with Crippen LogP contribution < -0.4 is 9.64 Å². The van der Waals surface area contributed by atoms with Crippen molar-refractivity contribution in [2.75, 3.05) is 38.2 Å². The van der Waals surface area contributed by atoms with E-state index in [0.717, 1.165) is 17.5 Å². The summed E-state index contributed by atoms with van der Waals surface area (Å²) in [5.41, 5.74) is 2.49. The first-order valence-corrected chi connectivity index (χ1v) is 9.84. The number of piperazine rings is 1. The molecule has 0 amide bonds. The maximum Gasteiger partial charge on any atom is 0.246 e. The van der Waals surface area contributed by atoms with Crippen LogP contribution in [0, 0.1) is 6.92 Å². The molecule has 3 rings (SSSR count). The number of hydrogen-bond acceptors (Lipinski definition) is 5. The number of benzene rings is 2. The fourth-order valence-electron chi connectivity index (χ4n) is 3.07. The second-order valence-electron chi connectivity index (χ2n) is 6.25. The van der Waals surface area contributed by atoms with Crippen molar-refractivity contribution in [2.24, 2.45) is 0 Å². The number of aryl methyl sites for hydroxylation is 1. The Hall–Kier alpha value is -2.38. The molecule has 0 N–H and O–H groups in total. The standard InChI is InChI=1S/C19H22N2O4S/c1-15-3-8-18(25-2)19(13-15)26(23,24)21-11-9-20(10-12-21)17-6-4-16(14-22)5-7-17/h3-8,13-14H,9-12H2,1-2H3. The molecule has 0 bridgehead atoms. The Kier molecular flexibility index (Phi) is 5.29. The average molecular weight is 374 g/mol. The lowest BCUT2D eigenvalue weighted by molar-refractivity contribution is 0.112. The Morgan fingerprint density at radius 3 is 2.23 bits per heavy atom. The van der Waals surface area contributed by atoms with Crippen molar-refractivity contribution >= 4 is 22.0 Å². The van der Waals surface area contributed by atoms with Gasteiger partial charge in [0.15, 0.2) is 0 Å². The van der Waals surface area contributed by atoms with E-state index in [9.17, 15) is 13.2 Å². The molecule has 0 radical (unpaired) electrons. The van der Waals surface area contributed by atoms with E-state index in [1.165, 1.54) is 11.4 Å². The van der Waals surface area contributed by atoms with Gasteiger partial charge in [0.2, 0.25) is 10.0 Å². The highest BCUT2D eigenvalue weighted by atomic mass is 32.2. The summed E-state index contributed by atoms with van der Waals surface area (Å²) < 4.78 is 32.8. The van der Waals surface area contributed by atoms with Crippen LogP contribution in [0.25, 0.3) is 0 Å². The van der Waals surface area contributed by atoms with Crippen LogP contribution in [-0.4, -0.2) is 52.3 Å². The first-order chi connectivity index (χ1) is 12.5. The lowest BCUT2D eigenvalue weighted by atomic mass is 10.2. The Bertz CT molecular complexity index is 886. The lowest BCUT2D eigenvalue weighted by Gasteiger charge is -2.35. The van der Waals surface area contributed by atoms with Crippen molar-refractivity contribution in [2.45, 2.75) is 11.8 Å². The maximum atomic E-state index is 13.0. The molecule has 1 saturated heterocycles. The van der Waals surface area contributed by atoms with Gasteiger partial charge in [-0.25, -0.2) is 8.42 Å². The molecule has 0 spiro atoms. The smallest absolute Gasteiger partial charge is 0.246 e. The number of aldehydes is 1. The Balaban J connectivity index is 1.76. The molecule has 2 aromatic carbocycles. The van der Waals surface area contributed by atoms with Crippen LogP contribution in [-0.2, 0) is 10.0 Å². The van der Waals surface area contributed by atoms with Gasteiger partial charge in [-0.2, -0.15) is 4.31 Å². The normalized spacial score (nSPS) is 15.7. The van der Waals surface area contributed by atoms with Gasteiger partial charge < -0.3 is 9.64 Å². The molecule has 1 aliphatic heterocycles. The number of sulfonamides is 1. The molecule has 1 fully saturated rings. The number of nitrogens with zero attached hydrogens (tertiary/aromatic N) is 2. The predicted molar refractivity (Wildman–Crippen MR) is 101 cm³/mol. The van der Waals surface area contributed by atoms with Gasteiger partial charge in [-0.1, -0.05) is 6.07 Å².